The maximum atomic E-state index is 5.56. The van der Waals surface area contributed by atoms with Crippen molar-refractivity contribution in [3.63, 3.8) is 0 Å². The first-order valence-corrected chi connectivity index (χ1v) is 5.97. The molecule has 0 spiro atoms. The van der Waals surface area contributed by atoms with Crippen LogP contribution in [0.5, 0.6) is 0 Å². The SMILES string of the molecule is Cc1ccc(C(CCC(C)C)NN)s1. The normalized spacial score (nSPS) is 13.5. The highest BCUT2D eigenvalue weighted by molar-refractivity contribution is 7.12. The van der Waals surface area contributed by atoms with Crippen LogP contribution >= 0.6 is 11.3 Å². The van der Waals surface area contributed by atoms with E-state index in [4.69, 9.17) is 5.84 Å². The largest absolute Gasteiger partial charge is 0.271 e. The predicted molar refractivity (Wildman–Crippen MR) is 63.2 cm³/mol. The van der Waals surface area contributed by atoms with E-state index in [2.05, 4.69) is 38.3 Å². The molecule has 1 atom stereocenters. The second-order valence-corrected chi connectivity index (χ2v) is 5.46. The van der Waals surface area contributed by atoms with Gasteiger partial charge in [-0.2, -0.15) is 0 Å². The van der Waals surface area contributed by atoms with Gasteiger partial charge in [0.2, 0.25) is 0 Å². The van der Waals surface area contributed by atoms with Crippen LogP contribution in [0, 0.1) is 12.8 Å². The molecule has 1 rings (SSSR count). The van der Waals surface area contributed by atoms with Crippen molar-refractivity contribution >= 4 is 11.3 Å². The molecular formula is C11H20N2S. The van der Waals surface area contributed by atoms with Crippen molar-refractivity contribution in [3.05, 3.63) is 21.9 Å². The van der Waals surface area contributed by atoms with Crippen LogP contribution in [-0.4, -0.2) is 0 Å². The van der Waals surface area contributed by atoms with E-state index in [-0.39, 0.29) is 0 Å². The zero-order valence-electron chi connectivity index (χ0n) is 9.21. The Hall–Kier alpha value is -0.380. The Labute approximate surface area is 90.5 Å². The van der Waals surface area contributed by atoms with Gasteiger partial charge in [0.05, 0.1) is 6.04 Å². The van der Waals surface area contributed by atoms with Gasteiger partial charge in [-0.25, -0.2) is 0 Å². The molecular weight excluding hydrogens is 192 g/mol. The Kier molecular flexibility index (Phi) is 4.58. The van der Waals surface area contributed by atoms with Crippen LogP contribution in [0.1, 0.15) is 42.5 Å². The minimum absolute atomic E-state index is 0.330. The van der Waals surface area contributed by atoms with E-state index in [1.54, 1.807) is 0 Å². The first kappa shape index (κ1) is 11.7. The summed E-state index contributed by atoms with van der Waals surface area (Å²) in [5, 5.41) is 0. The summed E-state index contributed by atoms with van der Waals surface area (Å²) in [5.74, 6) is 6.30. The van der Waals surface area contributed by atoms with Crippen molar-refractivity contribution in [2.24, 2.45) is 11.8 Å². The molecule has 0 aromatic carbocycles. The Morgan fingerprint density at radius 1 is 1.36 bits per heavy atom. The molecule has 0 saturated heterocycles. The van der Waals surface area contributed by atoms with Crippen LogP contribution in [-0.2, 0) is 0 Å². The molecule has 1 unspecified atom stereocenters. The van der Waals surface area contributed by atoms with Gasteiger partial charge in [-0.1, -0.05) is 13.8 Å². The van der Waals surface area contributed by atoms with Gasteiger partial charge in [0, 0.05) is 9.75 Å². The van der Waals surface area contributed by atoms with Gasteiger partial charge in [0.1, 0.15) is 0 Å². The van der Waals surface area contributed by atoms with E-state index in [0.717, 1.165) is 12.3 Å². The third-order valence-electron chi connectivity index (χ3n) is 2.34. The summed E-state index contributed by atoms with van der Waals surface area (Å²) in [4.78, 5) is 2.70. The number of rotatable bonds is 5. The maximum absolute atomic E-state index is 5.56. The van der Waals surface area contributed by atoms with Gasteiger partial charge >= 0.3 is 0 Å². The fourth-order valence-corrected chi connectivity index (χ4v) is 2.42. The third-order valence-corrected chi connectivity index (χ3v) is 3.45. The summed E-state index contributed by atoms with van der Waals surface area (Å²) in [6.07, 6.45) is 2.33. The molecule has 1 heterocycles. The highest BCUT2D eigenvalue weighted by Crippen LogP contribution is 2.26. The second kappa shape index (κ2) is 5.49. The van der Waals surface area contributed by atoms with Gasteiger partial charge in [0.15, 0.2) is 0 Å². The molecule has 1 aromatic rings. The van der Waals surface area contributed by atoms with Crippen molar-refractivity contribution < 1.29 is 0 Å². The third kappa shape index (κ3) is 3.40. The monoisotopic (exact) mass is 212 g/mol. The van der Waals surface area contributed by atoms with Crippen LogP contribution in [0.15, 0.2) is 12.1 Å². The highest BCUT2D eigenvalue weighted by atomic mass is 32.1. The Bertz CT molecular complexity index is 268. The average Bonchev–Trinajstić information content (AvgIpc) is 2.53. The van der Waals surface area contributed by atoms with Crippen LogP contribution < -0.4 is 11.3 Å². The lowest BCUT2D eigenvalue weighted by molar-refractivity contribution is 0.453. The number of hydrogen-bond acceptors (Lipinski definition) is 3. The quantitative estimate of drug-likeness (QED) is 0.581. The first-order chi connectivity index (χ1) is 6.63. The minimum Gasteiger partial charge on any atom is -0.271 e. The zero-order valence-corrected chi connectivity index (χ0v) is 10.0. The number of hydrazine groups is 1. The Balaban J connectivity index is 2.54. The van der Waals surface area contributed by atoms with Crippen LogP contribution in [0.25, 0.3) is 0 Å². The molecule has 0 bridgehead atoms. The molecule has 80 valence electrons. The number of hydrogen-bond donors (Lipinski definition) is 2. The fraction of sp³-hybridized carbons (Fsp3) is 0.636. The zero-order chi connectivity index (χ0) is 10.6. The van der Waals surface area contributed by atoms with Gasteiger partial charge in [-0.3, -0.25) is 11.3 Å². The van der Waals surface area contributed by atoms with Crippen molar-refractivity contribution in [2.75, 3.05) is 0 Å². The smallest absolute Gasteiger partial charge is 0.0553 e. The van der Waals surface area contributed by atoms with Crippen LogP contribution in [0.4, 0.5) is 0 Å². The number of nitrogens with two attached hydrogens (primary N) is 1. The molecule has 14 heavy (non-hydrogen) atoms. The molecule has 0 aliphatic heterocycles. The molecule has 0 fully saturated rings. The lowest BCUT2D eigenvalue weighted by Crippen LogP contribution is -2.27. The van der Waals surface area contributed by atoms with Gasteiger partial charge in [-0.15, -0.1) is 11.3 Å². The van der Waals surface area contributed by atoms with E-state index >= 15 is 0 Å². The topological polar surface area (TPSA) is 38.0 Å². The van der Waals surface area contributed by atoms with Gasteiger partial charge < -0.3 is 0 Å². The summed E-state index contributed by atoms with van der Waals surface area (Å²) < 4.78 is 0. The summed E-state index contributed by atoms with van der Waals surface area (Å²) in [6, 6.07) is 4.65. The molecule has 2 nitrogen and oxygen atoms in total. The summed E-state index contributed by atoms with van der Waals surface area (Å²) >= 11 is 1.83. The minimum atomic E-state index is 0.330. The number of thiophene rings is 1. The highest BCUT2D eigenvalue weighted by Gasteiger charge is 2.11. The molecule has 0 saturated carbocycles. The lowest BCUT2D eigenvalue weighted by atomic mass is 10.0. The molecule has 0 amide bonds. The molecule has 0 aliphatic rings. The van der Waals surface area contributed by atoms with E-state index < -0.39 is 0 Å². The van der Waals surface area contributed by atoms with Crippen molar-refractivity contribution in [3.8, 4) is 0 Å². The molecule has 0 aliphatic carbocycles. The van der Waals surface area contributed by atoms with E-state index in [0.29, 0.717) is 6.04 Å². The number of nitrogens with one attached hydrogen (secondary N) is 1. The van der Waals surface area contributed by atoms with Crippen LogP contribution in [0.2, 0.25) is 0 Å². The Morgan fingerprint density at radius 3 is 2.50 bits per heavy atom. The summed E-state index contributed by atoms with van der Waals surface area (Å²) in [5.41, 5.74) is 2.90. The summed E-state index contributed by atoms with van der Waals surface area (Å²) in [6.45, 7) is 6.62. The molecule has 3 heteroatoms. The van der Waals surface area contributed by atoms with E-state index in [9.17, 15) is 0 Å². The van der Waals surface area contributed by atoms with Gasteiger partial charge in [0.25, 0.3) is 0 Å². The van der Waals surface area contributed by atoms with Gasteiger partial charge in [-0.05, 0) is 37.8 Å². The summed E-state index contributed by atoms with van der Waals surface area (Å²) in [7, 11) is 0. The van der Waals surface area contributed by atoms with Crippen molar-refractivity contribution in [2.45, 2.75) is 39.7 Å². The maximum Gasteiger partial charge on any atom is 0.0553 e. The Morgan fingerprint density at radius 2 is 2.07 bits per heavy atom. The predicted octanol–water partition coefficient (Wildman–Crippen LogP) is 3.00. The van der Waals surface area contributed by atoms with Crippen molar-refractivity contribution in [1.82, 2.24) is 5.43 Å². The van der Waals surface area contributed by atoms with E-state index in [1.807, 2.05) is 11.3 Å². The molecule has 3 N–H and O–H groups in total. The van der Waals surface area contributed by atoms with E-state index in [1.165, 1.54) is 16.2 Å². The van der Waals surface area contributed by atoms with Crippen LogP contribution in [0.3, 0.4) is 0 Å². The average molecular weight is 212 g/mol. The standard InChI is InChI=1S/C11H20N2S/c1-8(2)4-6-10(13-12)11-7-5-9(3)14-11/h5,7-8,10,13H,4,6,12H2,1-3H3. The lowest BCUT2D eigenvalue weighted by Gasteiger charge is -2.15. The molecule has 0 radical (unpaired) electrons. The molecule has 1 aromatic heterocycles. The van der Waals surface area contributed by atoms with Crippen molar-refractivity contribution in [1.29, 1.82) is 0 Å². The second-order valence-electron chi connectivity index (χ2n) is 4.14. The fourth-order valence-electron chi connectivity index (χ4n) is 1.45. The number of aryl methyl sites for hydroxylation is 1. The first-order valence-electron chi connectivity index (χ1n) is 5.16.